The molecule has 0 bridgehead atoms. The number of amides is 2. The van der Waals surface area contributed by atoms with Gasteiger partial charge in [-0.3, -0.25) is 9.59 Å². The van der Waals surface area contributed by atoms with Gasteiger partial charge in [-0.2, -0.15) is 0 Å². The molecule has 136 valence electrons. The number of benzene rings is 1. The fraction of sp³-hybridized carbons (Fsp3) is 0.600. The molecule has 0 aliphatic carbocycles. The summed E-state index contributed by atoms with van der Waals surface area (Å²) in [5.74, 6) is 1.05. The predicted octanol–water partition coefficient (Wildman–Crippen LogP) is 3.66. The molecule has 5 heteroatoms. The van der Waals surface area contributed by atoms with Crippen molar-refractivity contribution in [3.63, 3.8) is 0 Å². The molecule has 4 nitrogen and oxygen atoms in total. The molecule has 0 aromatic heterocycles. The first-order valence-corrected chi connectivity index (χ1v) is 10.6. The summed E-state index contributed by atoms with van der Waals surface area (Å²) in [6.45, 7) is 3.51. The minimum atomic E-state index is 0.150. The Hall–Kier alpha value is -1.49. The first-order chi connectivity index (χ1) is 12.2. The zero-order valence-electron chi connectivity index (χ0n) is 15.1. The largest absolute Gasteiger partial charge is 0.343 e. The van der Waals surface area contributed by atoms with E-state index in [-0.39, 0.29) is 5.91 Å². The molecule has 3 rings (SSSR count). The van der Waals surface area contributed by atoms with Crippen molar-refractivity contribution < 1.29 is 9.59 Å². The Morgan fingerprint density at radius 3 is 2.40 bits per heavy atom. The van der Waals surface area contributed by atoms with Crippen LogP contribution in [0.1, 0.15) is 48.9 Å². The SMILES string of the molecule is CSc1ccccc1C(=O)N1CCC(CCC(=O)N2CCCC2)CC1. The summed E-state index contributed by atoms with van der Waals surface area (Å²) in [4.78, 5) is 30.0. The van der Waals surface area contributed by atoms with Crippen LogP contribution in [-0.4, -0.2) is 54.0 Å². The van der Waals surface area contributed by atoms with Crippen molar-refractivity contribution in [2.24, 2.45) is 5.92 Å². The lowest BCUT2D eigenvalue weighted by Crippen LogP contribution is -2.39. The number of carbonyl (C=O) groups excluding carboxylic acids is 2. The number of piperidine rings is 1. The van der Waals surface area contributed by atoms with Gasteiger partial charge in [-0.15, -0.1) is 11.8 Å². The number of hydrogen-bond donors (Lipinski definition) is 0. The lowest BCUT2D eigenvalue weighted by Gasteiger charge is -2.32. The van der Waals surface area contributed by atoms with Gasteiger partial charge in [-0.1, -0.05) is 12.1 Å². The zero-order chi connectivity index (χ0) is 17.6. The van der Waals surface area contributed by atoms with Crippen LogP contribution in [0.15, 0.2) is 29.2 Å². The van der Waals surface area contributed by atoms with Gasteiger partial charge in [0.15, 0.2) is 0 Å². The van der Waals surface area contributed by atoms with E-state index in [9.17, 15) is 9.59 Å². The van der Waals surface area contributed by atoms with E-state index in [2.05, 4.69) is 0 Å². The molecule has 2 aliphatic rings. The summed E-state index contributed by atoms with van der Waals surface area (Å²) < 4.78 is 0. The van der Waals surface area contributed by atoms with Crippen LogP contribution in [0.3, 0.4) is 0 Å². The molecule has 0 radical (unpaired) electrons. The van der Waals surface area contributed by atoms with E-state index in [1.807, 2.05) is 40.3 Å². The van der Waals surface area contributed by atoms with Crippen molar-refractivity contribution in [3.05, 3.63) is 29.8 Å². The molecule has 0 spiro atoms. The van der Waals surface area contributed by atoms with E-state index in [1.165, 1.54) is 0 Å². The Labute approximate surface area is 154 Å². The van der Waals surface area contributed by atoms with Gasteiger partial charge in [0.2, 0.25) is 5.91 Å². The van der Waals surface area contributed by atoms with Gasteiger partial charge in [-0.25, -0.2) is 0 Å². The second-order valence-electron chi connectivity index (χ2n) is 7.06. The fourth-order valence-electron chi connectivity index (χ4n) is 3.87. The van der Waals surface area contributed by atoms with Crippen molar-refractivity contribution >= 4 is 23.6 Å². The van der Waals surface area contributed by atoms with Crippen LogP contribution in [0.5, 0.6) is 0 Å². The summed E-state index contributed by atoms with van der Waals surface area (Å²) in [6, 6.07) is 7.85. The van der Waals surface area contributed by atoms with Gasteiger partial charge in [0.05, 0.1) is 5.56 Å². The summed E-state index contributed by atoms with van der Waals surface area (Å²) in [7, 11) is 0. The Morgan fingerprint density at radius 1 is 1.04 bits per heavy atom. The van der Waals surface area contributed by atoms with Gasteiger partial charge < -0.3 is 9.80 Å². The van der Waals surface area contributed by atoms with Crippen LogP contribution in [0.2, 0.25) is 0 Å². The van der Waals surface area contributed by atoms with E-state index in [4.69, 9.17) is 0 Å². The second kappa shape index (κ2) is 8.75. The molecule has 25 heavy (non-hydrogen) atoms. The van der Waals surface area contributed by atoms with E-state index < -0.39 is 0 Å². The maximum Gasteiger partial charge on any atom is 0.254 e. The van der Waals surface area contributed by atoms with Crippen molar-refractivity contribution in [2.45, 2.75) is 43.4 Å². The standard InChI is InChI=1S/C20H28N2O2S/c1-25-18-7-3-2-6-17(18)20(24)22-14-10-16(11-15-22)8-9-19(23)21-12-4-5-13-21/h2-3,6-7,16H,4-5,8-15H2,1H3. The Morgan fingerprint density at radius 2 is 1.72 bits per heavy atom. The van der Waals surface area contributed by atoms with Crippen LogP contribution < -0.4 is 0 Å². The minimum Gasteiger partial charge on any atom is -0.343 e. The van der Waals surface area contributed by atoms with Crippen LogP contribution in [-0.2, 0) is 4.79 Å². The van der Waals surface area contributed by atoms with E-state index in [0.29, 0.717) is 18.2 Å². The van der Waals surface area contributed by atoms with Crippen LogP contribution in [0.25, 0.3) is 0 Å². The van der Waals surface area contributed by atoms with Crippen molar-refractivity contribution in [2.75, 3.05) is 32.4 Å². The van der Waals surface area contributed by atoms with Crippen LogP contribution in [0.4, 0.5) is 0 Å². The third-order valence-electron chi connectivity index (χ3n) is 5.46. The quantitative estimate of drug-likeness (QED) is 0.753. The summed E-state index contributed by atoms with van der Waals surface area (Å²) >= 11 is 1.62. The lowest BCUT2D eigenvalue weighted by molar-refractivity contribution is -0.130. The van der Waals surface area contributed by atoms with Crippen molar-refractivity contribution in [1.82, 2.24) is 9.80 Å². The Bertz CT molecular complexity index is 605. The first kappa shape index (κ1) is 18.3. The molecule has 2 heterocycles. The molecular formula is C20H28N2O2S. The molecule has 2 saturated heterocycles. The third kappa shape index (κ3) is 4.57. The highest BCUT2D eigenvalue weighted by atomic mass is 32.2. The number of rotatable bonds is 5. The van der Waals surface area contributed by atoms with E-state index in [1.54, 1.807) is 11.8 Å². The smallest absolute Gasteiger partial charge is 0.254 e. The maximum absolute atomic E-state index is 12.8. The normalized spacial score (nSPS) is 18.6. The summed E-state index contributed by atoms with van der Waals surface area (Å²) in [5, 5.41) is 0. The molecule has 2 aliphatic heterocycles. The average Bonchev–Trinajstić information content (AvgIpc) is 3.21. The molecule has 1 aromatic rings. The van der Waals surface area contributed by atoms with Crippen LogP contribution in [0, 0.1) is 5.92 Å². The molecule has 0 unspecified atom stereocenters. The Balaban J connectivity index is 1.46. The summed E-state index contributed by atoms with van der Waals surface area (Å²) in [6.07, 6.45) is 8.00. The number of nitrogens with zero attached hydrogens (tertiary/aromatic N) is 2. The minimum absolute atomic E-state index is 0.150. The lowest BCUT2D eigenvalue weighted by atomic mass is 9.91. The average molecular weight is 361 g/mol. The predicted molar refractivity (Wildman–Crippen MR) is 102 cm³/mol. The molecule has 1 aromatic carbocycles. The Kier molecular flexibility index (Phi) is 6.40. The van der Waals surface area contributed by atoms with Crippen molar-refractivity contribution in [3.8, 4) is 0 Å². The van der Waals surface area contributed by atoms with E-state index in [0.717, 1.165) is 68.7 Å². The topological polar surface area (TPSA) is 40.6 Å². The number of hydrogen-bond acceptors (Lipinski definition) is 3. The highest BCUT2D eigenvalue weighted by Gasteiger charge is 2.26. The maximum atomic E-state index is 12.8. The van der Waals surface area contributed by atoms with Gasteiger partial charge >= 0.3 is 0 Å². The second-order valence-corrected chi connectivity index (χ2v) is 7.91. The first-order valence-electron chi connectivity index (χ1n) is 9.39. The molecule has 0 saturated carbocycles. The molecule has 2 fully saturated rings. The number of carbonyl (C=O) groups is 2. The van der Waals surface area contributed by atoms with Gasteiger partial charge in [0, 0.05) is 37.5 Å². The zero-order valence-corrected chi connectivity index (χ0v) is 15.9. The number of thioether (sulfide) groups is 1. The van der Waals surface area contributed by atoms with Crippen molar-refractivity contribution in [1.29, 1.82) is 0 Å². The summed E-state index contributed by atoms with van der Waals surface area (Å²) in [5.41, 5.74) is 0.817. The number of likely N-dealkylation sites (tertiary alicyclic amines) is 2. The fourth-order valence-corrected chi connectivity index (χ4v) is 4.46. The van der Waals surface area contributed by atoms with Crippen LogP contribution >= 0.6 is 11.8 Å². The molecule has 0 atom stereocenters. The molecule has 0 N–H and O–H groups in total. The third-order valence-corrected chi connectivity index (χ3v) is 6.26. The monoisotopic (exact) mass is 360 g/mol. The van der Waals surface area contributed by atoms with Gasteiger partial charge in [0.1, 0.15) is 0 Å². The van der Waals surface area contributed by atoms with Gasteiger partial charge in [0.25, 0.3) is 5.91 Å². The molecular weight excluding hydrogens is 332 g/mol. The highest BCUT2D eigenvalue weighted by Crippen LogP contribution is 2.26. The van der Waals surface area contributed by atoms with E-state index >= 15 is 0 Å². The highest BCUT2D eigenvalue weighted by molar-refractivity contribution is 7.98. The molecule has 2 amide bonds. The van der Waals surface area contributed by atoms with Gasteiger partial charge in [-0.05, 0) is 56.4 Å².